The molecule has 0 spiro atoms. The van der Waals surface area contributed by atoms with E-state index in [9.17, 15) is 0 Å². The summed E-state index contributed by atoms with van der Waals surface area (Å²) in [6.07, 6.45) is 7.69. The lowest BCUT2D eigenvalue weighted by atomic mass is 9.84. The molecule has 3 rings (SSSR count). The van der Waals surface area contributed by atoms with Crippen LogP contribution >= 0.6 is 15.9 Å². The second-order valence-electron chi connectivity index (χ2n) is 5.63. The van der Waals surface area contributed by atoms with E-state index in [0.29, 0.717) is 6.04 Å². The Balaban J connectivity index is 1.63. The highest BCUT2D eigenvalue weighted by Gasteiger charge is 2.41. The maximum Gasteiger partial charge on any atom is 0.126 e. The smallest absolute Gasteiger partial charge is 0.126 e. The van der Waals surface area contributed by atoms with E-state index in [1.54, 1.807) is 0 Å². The quantitative estimate of drug-likeness (QED) is 0.909. The summed E-state index contributed by atoms with van der Waals surface area (Å²) in [7, 11) is 0. The van der Waals surface area contributed by atoms with Crippen molar-refractivity contribution in [1.82, 2.24) is 4.98 Å². The molecule has 4 unspecified atom stereocenters. The molecule has 2 nitrogen and oxygen atoms in total. The largest absolute Gasteiger partial charge is 0.367 e. The van der Waals surface area contributed by atoms with Gasteiger partial charge < -0.3 is 5.32 Å². The van der Waals surface area contributed by atoms with Gasteiger partial charge in [-0.3, -0.25) is 0 Å². The van der Waals surface area contributed by atoms with Gasteiger partial charge in [0.15, 0.2) is 0 Å². The first-order chi connectivity index (χ1) is 8.22. The number of rotatable bonds is 3. The van der Waals surface area contributed by atoms with Gasteiger partial charge in [0.25, 0.3) is 0 Å². The van der Waals surface area contributed by atoms with Gasteiger partial charge in [-0.25, -0.2) is 4.98 Å². The number of aromatic nitrogens is 1. The van der Waals surface area contributed by atoms with Crippen molar-refractivity contribution in [1.29, 1.82) is 0 Å². The Bertz CT molecular complexity index is 390. The Labute approximate surface area is 111 Å². The average molecular weight is 295 g/mol. The van der Waals surface area contributed by atoms with Gasteiger partial charge in [0.2, 0.25) is 0 Å². The third-order valence-electron chi connectivity index (χ3n) is 4.54. The molecule has 0 aliphatic heterocycles. The summed E-state index contributed by atoms with van der Waals surface area (Å²) in [5, 5.41) is 3.56. The number of fused-ring (bicyclic) bond motifs is 2. The van der Waals surface area contributed by atoms with E-state index in [2.05, 4.69) is 33.2 Å². The monoisotopic (exact) mass is 294 g/mol. The van der Waals surface area contributed by atoms with Gasteiger partial charge in [-0.1, -0.05) is 6.42 Å². The zero-order valence-corrected chi connectivity index (χ0v) is 11.8. The zero-order chi connectivity index (χ0) is 11.8. The first-order valence-corrected chi connectivity index (χ1v) is 7.40. The Morgan fingerprint density at radius 3 is 2.82 bits per heavy atom. The highest BCUT2D eigenvalue weighted by molar-refractivity contribution is 9.10. The summed E-state index contributed by atoms with van der Waals surface area (Å²) < 4.78 is 1.04. The van der Waals surface area contributed by atoms with Crippen molar-refractivity contribution in [3.8, 4) is 0 Å². The molecule has 17 heavy (non-hydrogen) atoms. The van der Waals surface area contributed by atoms with E-state index in [1.807, 2.05) is 18.3 Å². The number of hydrogen-bond acceptors (Lipinski definition) is 2. The molecular formula is C14H19BrN2. The molecule has 2 saturated carbocycles. The Morgan fingerprint density at radius 1 is 1.35 bits per heavy atom. The van der Waals surface area contributed by atoms with Gasteiger partial charge in [-0.2, -0.15) is 0 Å². The van der Waals surface area contributed by atoms with Crippen molar-refractivity contribution in [3.05, 3.63) is 22.8 Å². The molecule has 0 radical (unpaired) electrons. The topological polar surface area (TPSA) is 24.9 Å². The molecule has 2 aliphatic rings. The van der Waals surface area contributed by atoms with Crippen LogP contribution in [0.3, 0.4) is 0 Å². The van der Waals surface area contributed by atoms with E-state index in [4.69, 9.17) is 0 Å². The van der Waals surface area contributed by atoms with Crippen molar-refractivity contribution >= 4 is 21.7 Å². The standard InChI is InChI=1S/C14H19BrN2/c1-9(13-7-10-2-3-11(13)6-10)17-14-5-4-12(15)8-16-14/h4-5,8-11,13H,2-3,6-7H2,1H3,(H,16,17). The van der Waals surface area contributed by atoms with Crippen LogP contribution in [0.4, 0.5) is 5.82 Å². The SMILES string of the molecule is CC(Nc1ccc(Br)cn1)C1CC2CCC1C2. The first-order valence-electron chi connectivity index (χ1n) is 6.60. The summed E-state index contributed by atoms with van der Waals surface area (Å²) in [5.41, 5.74) is 0. The maximum absolute atomic E-state index is 4.39. The summed E-state index contributed by atoms with van der Waals surface area (Å²) in [4.78, 5) is 4.39. The van der Waals surface area contributed by atoms with Crippen LogP contribution in [0.25, 0.3) is 0 Å². The van der Waals surface area contributed by atoms with Gasteiger partial charge in [0, 0.05) is 16.7 Å². The van der Waals surface area contributed by atoms with Crippen molar-refractivity contribution in [2.24, 2.45) is 17.8 Å². The van der Waals surface area contributed by atoms with E-state index in [-0.39, 0.29) is 0 Å². The molecule has 1 aromatic heterocycles. The maximum atomic E-state index is 4.39. The molecule has 2 aliphatic carbocycles. The molecule has 1 aromatic rings. The minimum Gasteiger partial charge on any atom is -0.367 e. The number of nitrogens with one attached hydrogen (secondary N) is 1. The summed E-state index contributed by atoms with van der Waals surface area (Å²) in [5.74, 6) is 3.85. The summed E-state index contributed by atoms with van der Waals surface area (Å²) in [6, 6.07) is 4.65. The van der Waals surface area contributed by atoms with Crippen molar-refractivity contribution in [2.45, 2.75) is 38.6 Å². The molecule has 92 valence electrons. The van der Waals surface area contributed by atoms with Gasteiger partial charge in [-0.05, 0) is 72.0 Å². The van der Waals surface area contributed by atoms with Crippen molar-refractivity contribution in [2.75, 3.05) is 5.32 Å². The zero-order valence-electron chi connectivity index (χ0n) is 10.2. The minimum absolute atomic E-state index is 0.555. The molecule has 0 saturated heterocycles. The second kappa shape index (κ2) is 4.60. The van der Waals surface area contributed by atoms with Gasteiger partial charge in [0.1, 0.15) is 5.82 Å². The van der Waals surface area contributed by atoms with E-state index in [1.165, 1.54) is 25.7 Å². The lowest BCUT2D eigenvalue weighted by molar-refractivity contribution is 0.304. The predicted molar refractivity (Wildman–Crippen MR) is 74.0 cm³/mol. The van der Waals surface area contributed by atoms with Crippen LogP contribution in [0.15, 0.2) is 22.8 Å². The minimum atomic E-state index is 0.555. The number of pyridine rings is 1. The molecule has 0 amide bonds. The second-order valence-corrected chi connectivity index (χ2v) is 6.55. The lowest BCUT2D eigenvalue weighted by Crippen LogP contribution is -2.30. The summed E-state index contributed by atoms with van der Waals surface area (Å²) in [6.45, 7) is 2.31. The van der Waals surface area contributed by atoms with E-state index in [0.717, 1.165) is 28.0 Å². The predicted octanol–water partition coefficient (Wildman–Crippen LogP) is 4.08. The van der Waals surface area contributed by atoms with Crippen LogP contribution in [0.2, 0.25) is 0 Å². The average Bonchev–Trinajstić information content (AvgIpc) is 2.94. The van der Waals surface area contributed by atoms with Crippen LogP contribution in [0.1, 0.15) is 32.6 Å². The molecule has 1 heterocycles. The number of hydrogen-bond donors (Lipinski definition) is 1. The summed E-state index contributed by atoms with van der Waals surface area (Å²) >= 11 is 3.41. The van der Waals surface area contributed by atoms with Crippen LogP contribution in [0, 0.1) is 17.8 Å². The first kappa shape index (κ1) is 11.5. The molecule has 1 N–H and O–H groups in total. The molecule has 2 bridgehead atoms. The van der Waals surface area contributed by atoms with Crippen molar-refractivity contribution in [3.63, 3.8) is 0 Å². The Morgan fingerprint density at radius 2 is 2.24 bits per heavy atom. The highest BCUT2D eigenvalue weighted by Crippen LogP contribution is 2.49. The Hall–Kier alpha value is -0.570. The van der Waals surface area contributed by atoms with E-state index < -0.39 is 0 Å². The van der Waals surface area contributed by atoms with Gasteiger partial charge >= 0.3 is 0 Å². The molecule has 2 fully saturated rings. The molecule has 4 atom stereocenters. The number of halogens is 1. The highest BCUT2D eigenvalue weighted by atomic mass is 79.9. The van der Waals surface area contributed by atoms with Gasteiger partial charge in [0.05, 0.1) is 0 Å². The molecule has 3 heteroatoms. The lowest BCUT2D eigenvalue weighted by Gasteiger charge is -2.28. The van der Waals surface area contributed by atoms with Gasteiger partial charge in [-0.15, -0.1) is 0 Å². The van der Waals surface area contributed by atoms with E-state index >= 15 is 0 Å². The van der Waals surface area contributed by atoms with Crippen LogP contribution in [-0.2, 0) is 0 Å². The third kappa shape index (κ3) is 2.35. The number of anilines is 1. The third-order valence-corrected chi connectivity index (χ3v) is 5.01. The van der Waals surface area contributed by atoms with Crippen LogP contribution < -0.4 is 5.32 Å². The normalized spacial score (nSPS) is 32.7. The Kier molecular flexibility index (Phi) is 3.12. The molecule has 0 aromatic carbocycles. The van der Waals surface area contributed by atoms with Crippen molar-refractivity contribution < 1.29 is 0 Å². The fourth-order valence-electron chi connectivity index (χ4n) is 3.71. The number of nitrogens with zero attached hydrogens (tertiary/aromatic N) is 1. The fourth-order valence-corrected chi connectivity index (χ4v) is 3.94. The molecular weight excluding hydrogens is 276 g/mol. The van der Waals surface area contributed by atoms with Crippen LogP contribution in [0.5, 0.6) is 0 Å². The fraction of sp³-hybridized carbons (Fsp3) is 0.643. The van der Waals surface area contributed by atoms with Crippen LogP contribution in [-0.4, -0.2) is 11.0 Å².